The first-order chi connectivity index (χ1) is 14.2. The molecule has 0 unspecified atom stereocenters. The first-order valence-corrected chi connectivity index (χ1v) is 9.97. The second kappa shape index (κ2) is 7.35. The zero-order valence-electron chi connectivity index (χ0n) is 15.2. The third kappa shape index (κ3) is 3.50. The summed E-state index contributed by atoms with van der Waals surface area (Å²) in [5.41, 5.74) is 1.42. The van der Waals surface area contributed by atoms with Crippen molar-refractivity contribution in [3.8, 4) is 23.0 Å². The molecule has 0 fully saturated rings. The smallest absolute Gasteiger partial charge is 0.254 e. The molecule has 0 aromatic heterocycles. The van der Waals surface area contributed by atoms with Crippen LogP contribution in [0, 0.1) is 0 Å². The summed E-state index contributed by atoms with van der Waals surface area (Å²) in [5, 5.41) is 13.0. The number of nitrogens with one attached hydrogen (secondary N) is 1. The van der Waals surface area contributed by atoms with Crippen LogP contribution >= 0.6 is 11.8 Å². The van der Waals surface area contributed by atoms with Crippen LogP contribution in [0.3, 0.4) is 0 Å². The van der Waals surface area contributed by atoms with Gasteiger partial charge in [-0.05, 0) is 48.0 Å². The van der Waals surface area contributed by atoms with Gasteiger partial charge in [-0.2, -0.15) is 0 Å². The monoisotopic (exact) mass is 407 g/mol. The highest BCUT2D eigenvalue weighted by molar-refractivity contribution is 7.99. The molecule has 2 atom stereocenters. The molecule has 6 nitrogen and oxygen atoms in total. The lowest BCUT2D eigenvalue weighted by atomic mass is 10.1. The number of thioether (sulfide) groups is 1. The van der Waals surface area contributed by atoms with Gasteiger partial charge in [-0.1, -0.05) is 24.3 Å². The molecule has 0 aliphatic carbocycles. The summed E-state index contributed by atoms with van der Waals surface area (Å²) in [6.07, 6.45) is -1.22. The molecule has 0 saturated heterocycles. The average Bonchev–Trinajstić information content (AvgIpc) is 3.17. The Hall–Kier alpha value is -3.16. The Bertz CT molecular complexity index is 1070. The van der Waals surface area contributed by atoms with Crippen LogP contribution in [0.4, 0.5) is 5.69 Å². The molecule has 3 aromatic carbocycles. The molecule has 0 saturated carbocycles. The Kier molecular flexibility index (Phi) is 4.54. The predicted molar refractivity (Wildman–Crippen MR) is 109 cm³/mol. The van der Waals surface area contributed by atoms with E-state index in [2.05, 4.69) is 5.32 Å². The minimum Gasteiger partial charge on any atom is -0.457 e. The number of carbonyl (C=O) groups excluding carboxylic acids is 1. The molecule has 2 N–H and O–H groups in total. The van der Waals surface area contributed by atoms with E-state index in [0.29, 0.717) is 22.9 Å². The first kappa shape index (κ1) is 17.9. The summed E-state index contributed by atoms with van der Waals surface area (Å²) in [5.74, 6) is 2.20. The zero-order chi connectivity index (χ0) is 19.8. The largest absolute Gasteiger partial charge is 0.457 e. The number of para-hydroxylation sites is 1. The van der Waals surface area contributed by atoms with Gasteiger partial charge in [0.2, 0.25) is 6.79 Å². The molecule has 0 radical (unpaired) electrons. The number of aliphatic hydroxyl groups excluding tert-OH is 1. The zero-order valence-corrected chi connectivity index (χ0v) is 16.0. The van der Waals surface area contributed by atoms with Crippen LogP contribution in [0.5, 0.6) is 23.0 Å². The van der Waals surface area contributed by atoms with Crippen molar-refractivity contribution >= 4 is 23.4 Å². The number of hydrogen-bond acceptors (Lipinski definition) is 6. The summed E-state index contributed by atoms with van der Waals surface area (Å²) >= 11 is 1.40. The van der Waals surface area contributed by atoms with Crippen molar-refractivity contribution in [2.45, 2.75) is 16.2 Å². The lowest BCUT2D eigenvalue weighted by Crippen LogP contribution is -2.30. The van der Waals surface area contributed by atoms with E-state index >= 15 is 0 Å². The summed E-state index contributed by atoms with van der Waals surface area (Å²) in [6.45, 7) is 0.169. The van der Waals surface area contributed by atoms with Crippen molar-refractivity contribution in [2.75, 3.05) is 12.1 Å². The Morgan fingerprint density at radius 3 is 2.66 bits per heavy atom. The third-order valence-electron chi connectivity index (χ3n) is 4.72. The second-order valence-corrected chi connectivity index (χ2v) is 7.84. The van der Waals surface area contributed by atoms with E-state index in [4.69, 9.17) is 14.2 Å². The van der Waals surface area contributed by atoms with Crippen LogP contribution in [-0.2, 0) is 4.79 Å². The third-order valence-corrected chi connectivity index (χ3v) is 6.10. The maximum Gasteiger partial charge on any atom is 0.254 e. The van der Waals surface area contributed by atoms with Crippen molar-refractivity contribution in [2.24, 2.45) is 0 Å². The number of aliphatic hydroxyl groups is 1. The van der Waals surface area contributed by atoms with Gasteiger partial charge < -0.3 is 24.6 Å². The molecular weight excluding hydrogens is 390 g/mol. The summed E-state index contributed by atoms with van der Waals surface area (Å²) in [6, 6.07) is 20.4. The van der Waals surface area contributed by atoms with Gasteiger partial charge in [-0.15, -0.1) is 11.8 Å². The average molecular weight is 407 g/mol. The van der Waals surface area contributed by atoms with E-state index in [1.807, 2.05) is 48.5 Å². The fourth-order valence-electron chi connectivity index (χ4n) is 3.28. The molecule has 146 valence electrons. The highest BCUT2D eigenvalue weighted by Crippen LogP contribution is 2.47. The van der Waals surface area contributed by atoms with Crippen LogP contribution in [0.25, 0.3) is 0 Å². The molecule has 2 aliphatic rings. The molecule has 0 bridgehead atoms. The van der Waals surface area contributed by atoms with Crippen molar-refractivity contribution < 1.29 is 24.1 Å². The Labute approximate surface area is 171 Å². The Balaban J connectivity index is 1.48. The van der Waals surface area contributed by atoms with Gasteiger partial charge in [0.1, 0.15) is 17.6 Å². The highest BCUT2D eigenvalue weighted by Gasteiger charge is 2.34. The van der Waals surface area contributed by atoms with Crippen LogP contribution in [0.15, 0.2) is 71.6 Å². The fraction of sp³-hybridized carbons (Fsp3) is 0.136. The lowest BCUT2D eigenvalue weighted by Gasteiger charge is -2.19. The van der Waals surface area contributed by atoms with Crippen LogP contribution in [0.1, 0.15) is 10.8 Å². The van der Waals surface area contributed by atoms with Gasteiger partial charge in [0.15, 0.2) is 11.5 Å². The molecule has 3 aromatic rings. The van der Waals surface area contributed by atoms with Crippen LogP contribution in [-0.4, -0.2) is 23.9 Å². The van der Waals surface area contributed by atoms with E-state index in [0.717, 1.165) is 16.2 Å². The van der Waals surface area contributed by atoms with Crippen LogP contribution < -0.4 is 19.5 Å². The minimum absolute atomic E-state index is 0.169. The van der Waals surface area contributed by atoms with E-state index in [1.54, 1.807) is 18.2 Å². The van der Waals surface area contributed by atoms with Gasteiger partial charge in [0, 0.05) is 4.90 Å². The second-order valence-electron chi connectivity index (χ2n) is 6.66. The standard InChI is InChI=1S/C22H17NO5S/c24-20-21(13-6-9-17-18(10-13)27-12-26-17)29-19-11-15(7-8-16(19)23-22(20)25)28-14-4-2-1-3-5-14/h1-11,20-21,24H,12H2,(H,23,25)/t20-,21+/m1/s1. The van der Waals surface area contributed by atoms with Crippen LogP contribution in [0.2, 0.25) is 0 Å². The van der Waals surface area contributed by atoms with E-state index < -0.39 is 17.3 Å². The Morgan fingerprint density at radius 1 is 0.966 bits per heavy atom. The fourth-order valence-corrected chi connectivity index (χ4v) is 4.52. The van der Waals surface area contributed by atoms with Crippen molar-refractivity contribution in [1.82, 2.24) is 0 Å². The number of benzene rings is 3. The van der Waals surface area contributed by atoms with Gasteiger partial charge in [-0.3, -0.25) is 4.79 Å². The van der Waals surface area contributed by atoms with Gasteiger partial charge in [0.25, 0.3) is 5.91 Å². The van der Waals surface area contributed by atoms with E-state index in [1.165, 1.54) is 11.8 Å². The number of amides is 1. The number of ether oxygens (including phenoxy) is 3. The topological polar surface area (TPSA) is 77.0 Å². The predicted octanol–water partition coefficient (Wildman–Crippen LogP) is 4.35. The van der Waals surface area contributed by atoms with E-state index in [9.17, 15) is 9.90 Å². The minimum atomic E-state index is -1.22. The molecule has 1 amide bonds. The summed E-state index contributed by atoms with van der Waals surface area (Å²) < 4.78 is 16.7. The molecule has 5 rings (SSSR count). The summed E-state index contributed by atoms with van der Waals surface area (Å²) in [7, 11) is 0. The first-order valence-electron chi connectivity index (χ1n) is 9.09. The Morgan fingerprint density at radius 2 is 1.79 bits per heavy atom. The summed E-state index contributed by atoms with van der Waals surface area (Å²) in [4.78, 5) is 13.3. The van der Waals surface area contributed by atoms with Gasteiger partial charge >= 0.3 is 0 Å². The normalized spacial score (nSPS) is 19.8. The van der Waals surface area contributed by atoms with Gasteiger partial charge in [0.05, 0.1) is 10.9 Å². The molecule has 2 heterocycles. The molecule has 29 heavy (non-hydrogen) atoms. The van der Waals surface area contributed by atoms with Crippen molar-refractivity contribution in [3.05, 3.63) is 72.3 Å². The molecule has 2 aliphatic heterocycles. The quantitative estimate of drug-likeness (QED) is 0.672. The number of hydrogen-bond donors (Lipinski definition) is 2. The maximum absolute atomic E-state index is 12.5. The maximum atomic E-state index is 12.5. The van der Waals surface area contributed by atoms with E-state index in [-0.39, 0.29) is 6.79 Å². The number of fused-ring (bicyclic) bond motifs is 2. The van der Waals surface area contributed by atoms with Crippen molar-refractivity contribution in [3.63, 3.8) is 0 Å². The molecule has 7 heteroatoms. The van der Waals surface area contributed by atoms with Crippen molar-refractivity contribution in [1.29, 1.82) is 0 Å². The SMILES string of the molecule is O=C1Nc2ccc(Oc3ccccc3)cc2S[C@@H](c2ccc3c(c2)OCO3)[C@H]1O. The molecule has 0 spiro atoms. The van der Waals surface area contributed by atoms with Gasteiger partial charge in [-0.25, -0.2) is 0 Å². The highest BCUT2D eigenvalue weighted by atomic mass is 32.2. The molecular formula is C22H17NO5S. The lowest BCUT2D eigenvalue weighted by molar-refractivity contribution is -0.124. The number of carbonyl (C=O) groups is 1. The number of anilines is 1. The number of rotatable bonds is 3.